The molecule has 2 aliphatic heterocycles. The SMILES string of the molecule is Cc1ccc(CN2CCC(C3CCCN3)CC2)c(-c2ccnn2C)c1. The molecule has 1 aromatic heterocycles. The number of piperidine rings is 1. The van der Waals surface area contributed by atoms with Gasteiger partial charge in [0.25, 0.3) is 0 Å². The van der Waals surface area contributed by atoms with Crippen LogP contribution in [0.4, 0.5) is 0 Å². The van der Waals surface area contributed by atoms with Gasteiger partial charge in [-0.25, -0.2) is 0 Å². The van der Waals surface area contributed by atoms with Gasteiger partial charge in [-0.1, -0.05) is 17.7 Å². The Bertz CT molecular complexity index is 706. The van der Waals surface area contributed by atoms with E-state index in [1.54, 1.807) is 0 Å². The molecular formula is C21H30N4. The lowest BCUT2D eigenvalue weighted by molar-refractivity contribution is 0.157. The molecule has 0 bridgehead atoms. The summed E-state index contributed by atoms with van der Waals surface area (Å²) in [6, 6.07) is 9.76. The van der Waals surface area contributed by atoms with E-state index in [0.29, 0.717) is 0 Å². The molecule has 2 fully saturated rings. The first-order valence-electron chi connectivity index (χ1n) is 9.74. The van der Waals surface area contributed by atoms with E-state index >= 15 is 0 Å². The first kappa shape index (κ1) is 16.8. The van der Waals surface area contributed by atoms with Crippen LogP contribution in [0, 0.1) is 12.8 Å². The first-order valence-corrected chi connectivity index (χ1v) is 9.74. The highest BCUT2D eigenvalue weighted by Crippen LogP contribution is 2.29. The Labute approximate surface area is 151 Å². The van der Waals surface area contributed by atoms with Crippen LogP contribution in [0.25, 0.3) is 11.3 Å². The highest BCUT2D eigenvalue weighted by molar-refractivity contribution is 5.64. The van der Waals surface area contributed by atoms with E-state index in [4.69, 9.17) is 0 Å². The highest BCUT2D eigenvalue weighted by Gasteiger charge is 2.28. The monoisotopic (exact) mass is 338 g/mol. The Kier molecular flexibility index (Phi) is 4.91. The molecule has 134 valence electrons. The lowest BCUT2D eigenvalue weighted by Crippen LogP contribution is -2.40. The number of likely N-dealkylation sites (tertiary alicyclic amines) is 1. The van der Waals surface area contributed by atoms with E-state index in [2.05, 4.69) is 46.5 Å². The van der Waals surface area contributed by atoms with Crippen LogP contribution < -0.4 is 5.32 Å². The van der Waals surface area contributed by atoms with Crippen molar-refractivity contribution in [2.24, 2.45) is 13.0 Å². The summed E-state index contributed by atoms with van der Waals surface area (Å²) in [7, 11) is 2.03. The number of benzene rings is 1. The zero-order chi connectivity index (χ0) is 17.2. The quantitative estimate of drug-likeness (QED) is 0.928. The second kappa shape index (κ2) is 7.30. The van der Waals surface area contributed by atoms with Gasteiger partial charge in [0.1, 0.15) is 0 Å². The van der Waals surface area contributed by atoms with Crippen LogP contribution in [-0.4, -0.2) is 40.4 Å². The number of nitrogens with zero attached hydrogens (tertiary/aromatic N) is 3. The maximum absolute atomic E-state index is 4.36. The standard InChI is InChI=1S/C21H30N4/c1-16-5-6-18(19(14-16)21-7-11-23-24(21)2)15-25-12-8-17(9-13-25)20-4-3-10-22-20/h5-7,11,14,17,20,22H,3-4,8-10,12-13,15H2,1-2H3. The molecule has 0 amide bonds. The van der Waals surface area contributed by atoms with Crippen molar-refractivity contribution in [1.29, 1.82) is 0 Å². The van der Waals surface area contributed by atoms with Crippen LogP contribution in [-0.2, 0) is 13.6 Å². The zero-order valence-corrected chi connectivity index (χ0v) is 15.5. The summed E-state index contributed by atoms with van der Waals surface area (Å²) < 4.78 is 1.98. The molecule has 2 aliphatic rings. The molecule has 4 heteroatoms. The number of rotatable bonds is 4. The van der Waals surface area contributed by atoms with E-state index in [9.17, 15) is 0 Å². The zero-order valence-electron chi connectivity index (χ0n) is 15.5. The number of hydrogen-bond donors (Lipinski definition) is 1. The van der Waals surface area contributed by atoms with Crippen molar-refractivity contribution in [1.82, 2.24) is 20.0 Å². The third kappa shape index (κ3) is 3.65. The second-order valence-corrected chi connectivity index (χ2v) is 7.82. The Hall–Kier alpha value is -1.65. The van der Waals surface area contributed by atoms with Gasteiger partial charge < -0.3 is 5.32 Å². The van der Waals surface area contributed by atoms with Crippen molar-refractivity contribution in [3.63, 3.8) is 0 Å². The summed E-state index contributed by atoms with van der Waals surface area (Å²) >= 11 is 0. The minimum atomic E-state index is 0.784. The predicted octanol–water partition coefficient (Wildman–Crippen LogP) is 3.36. The molecule has 0 aliphatic carbocycles. The number of aryl methyl sites for hydroxylation is 2. The maximum atomic E-state index is 4.36. The summed E-state index contributed by atoms with van der Waals surface area (Å²) in [5.74, 6) is 0.883. The van der Waals surface area contributed by atoms with Gasteiger partial charge >= 0.3 is 0 Å². The minimum Gasteiger partial charge on any atom is -0.314 e. The molecule has 4 rings (SSSR count). The van der Waals surface area contributed by atoms with Gasteiger partial charge in [-0.3, -0.25) is 9.58 Å². The largest absolute Gasteiger partial charge is 0.314 e. The molecule has 1 unspecified atom stereocenters. The second-order valence-electron chi connectivity index (χ2n) is 7.82. The van der Waals surface area contributed by atoms with Crippen molar-refractivity contribution in [3.8, 4) is 11.3 Å². The van der Waals surface area contributed by atoms with Gasteiger partial charge in [0.2, 0.25) is 0 Å². The number of hydrogen-bond acceptors (Lipinski definition) is 3. The minimum absolute atomic E-state index is 0.784. The van der Waals surface area contributed by atoms with Crippen LogP contribution in [0.1, 0.15) is 36.8 Å². The van der Waals surface area contributed by atoms with Gasteiger partial charge in [0.05, 0.1) is 5.69 Å². The summed E-state index contributed by atoms with van der Waals surface area (Å²) in [5, 5.41) is 8.06. The van der Waals surface area contributed by atoms with E-state index in [1.807, 2.05) is 17.9 Å². The summed E-state index contributed by atoms with van der Waals surface area (Å²) in [6.07, 6.45) is 7.31. The van der Waals surface area contributed by atoms with Crippen LogP contribution >= 0.6 is 0 Å². The lowest BCUT2D eigenvalue weighted by Gasteiger charge is -2.35. The van der Waals surface area contributed by atoms with Gasteiger partial charge in [0.15, 0.2) is 0 Å². The molecule has 1 N–H and O–H groups in total. The molecule has 2 aromatic rings. The Morgan fingerprint density at radius 3 is 2.68 bits per heavy atom. The third-order valence-corrected chi connectivity index (χ3v) is 6.06. The highest BCUT2D eigenvalue weighted by atomic mass is 15.3. The Morgan fingerprint density at radius 1 is 1.16 bits per heavy atom. The maximum Gasteiger partial charge on any atom is 0.0682 e. The van der Waals surface area contributed by atoms with Gasteiger partial charge in [-0.2, -0.15) is 5.10 Å². The Balaban J connectivity index is 1.46. The van der Waals surface area contributed by atoms with Crippen molar-refractivity contribution in [2.75, 3.05) is 19.6 Å². The van der Waals surface area contributed by atoms with Crippen molar-refractivity contribution in [2.45, 2.75) is 45.2 Å². The fourth-order valence-electron chi connectivity index (χ4n) is 4.57. The van der Waals surface area contributed by atoms with Crippen molar-refractivity contribution in [3.05, 3.63) is 41.6 Å². The van der Waals surface area contributed by atoms with E-state index in [-0.39, 0.29) is 0 Å². The molecule has 1 atom stereocenters. The molecule has 25 heavy (non-hydrogen) atoms. The van der Waals surface area contributed by atoms with Crippen molar-refractivity contribution >= 4 is 0 Å². The fraction of sp³-hybridized carbons (Fsp3) is 0.571. The Morgan fingerprint density at radius 2 is 2.00 bits per heavy atom. The fourth-order valence-corrected chi connectivity index (χ4v) is 4.57. The number of nitrogens with one attached hydrogen (secondary N) is 1. The predicted molar refractivity (Wildman–Crippen MR) is 102 cm³/mol. The third-order valence-electron chi connectivity index (χ3n) is 6.06. The van der Waals surface area contributed by atoms with Gasteiger partial charge in [-0.15, -0.1) is 0 Å². The molecular weight excluding hydrogens is 308 g/mol. The summed E-state index contributed by atoms with van der Waals surface area (Å²) in [4.78, 5) is 2.63. The molecule has 3 heterocycles. The molecule has 0 spiro atoms. The van der Waals surface area contributed by atoms with Gasteiger partial charge in [0, 0.05) is 31.4 Å². The van der Waals surface area contributed by atoms with E-state index < -0.39 is 0 Å². The first-order chi connectivity index (χ1) is 12.2. The topological polar surface area (TPSA) is 33.1 Å². The number of aromatic nitrogens is 2. The van der Waals surface area contributed by atoms with Crippen LogP contribution in [0.15, 0.2) is 30.5 Å². The van der Waals surface area contributed by atoms with Crippen LogP contribution in [0.5, 0.6) is 0 Å². The molecule has 0 saturated carbocycles. The molecule has 4 nitrogen and oxygen atoms in total. The summed E-state index contributed by atoms with van der Waals surface area (Å²) in [6.45, 7) is 6.89. The van der Waals surface area contributed by atoms with E-state index in [1.165, 1.54) is 67.7 Å². The molecule has 0 radical (unpaired) electrons. The van der Waals surface area contributed by atoms with Crippen LogP contribution in [0.3, 0.4) is 0 Å². The van der Waals surface area contributed by atoms with Crippen LogP contribution in [0.2, 0.25) is 0 Å². The lowest BCUT2D eigenvalue weighted by atomic mass is 9.88. The summed E-state index contributed by atoms with van der Waals surface area (Å²) in [5.41, 5.74) is 5.28. The normalized spacial score (nSPS) is 22.6. The smallest absolute Gasteiger partial charge is 0.0682 e. The van der Waals surface area contributed by atoms with E-state index in [0.717, 1.165) is 18.5 Å². The molecule has 2 saturated heterocycles. The van der Waals surface area contributed by atoms with Crippen molar-refractivity contribution < 1.29 is 0 Å². The molecule has 1 aromatic carbocycles. The average Bonchev–Trinajstić information content (AvgIpc) is 3.29. The average molecular weight is 338 g/mol. The van der Waals surface area contributed by atoms with Gasteiger partial charge in [-0.05, 0) is 75.9 Å².